The summed E-state index contributed by atoms with van der Waals surface area (Å²) in [6.07, 6.45) is -2.93. The zero-order valence-corrected chi connectivity index (χ0v) is 13.3. The first-order valence-corrected chi connectivity index (χ1v) is 7.41. The number of para-hydroxylation sites is 1. The fraction of sp³-hybridized carbons (Fsp3) is 0.0588. The number of rotatable bonds is 2. The number of aromatic nitrogens is 2. The van der Waals surface area contributed by atoms with Crippen LogP contribution < -0.4 is 10.7 Å². The van der Waals surface area contributed by atoms with E-state index in [-0.39, 0.29) is 16.6 Å². The Morgan fingerprint density at radius 3 is 2.41 bits per heavy atom. The van der Waals surface area contributed by atoms with Crippen LogP contribution >= 0.6 is 0 Å². The Balaban J connectivity index is 2.02. The van der Waals surface area contributed by atoms with Crippen molar-refractivity contribution >= 4 is 28.6 Å². The Hall–Kier alpha value is -3.69. The SMILES string of the molecule is O=C(O)c1cn(C(=O)Nc2ccc(C(F)(F)F)nc2)c2ccccc2c1=O. The number of nitrogens with zero attached hydrogens (tertiary/aromatic N) is 2. The topological polar surface area (TPSA) is 101 Å². The maximum Gasteiger partial charge on any atom is 0.433 e. The van der Waals surface area contributed by atoms with Crippen LogP contribution in [0.15, 0.2) is 53.6 Å². The highest BCUT2D eigenvalue weighted by atomic mass is 19.4. The van der Waals surface area contributed by atoms with Crippen molar-refractivity contribution in [3.63, 3.8) is 0 Å². The van der Waals surface area contributed by atoms with E-state index in [2.05, 4.69) is 10.3 Å². The highest BCUT2D eigenvalue weighted by molar-refractivity contribution is 6.00. The number of hydrogen-bond donors (Lipinski definition) is 2. The van der Waals surface area contributed by atoms with Crippen molar-refractivity contribution in [3.8, 4) is 0 Å². The van der Waals surface area contributed by atoms with Gasteiger partial charge in [0.2, 0.25) is 5.43 Å². The zero-order valence-electron chi connectivity index (χ0n) is 13.3. The minimum absolute atomic E-state index is 0.0121. The van der Waals surface area contributed by atoms with Gasteiger partial charge in [-0.15, -0.1) is 0 Å². The molecule has 2 aromatic heterocycles. The van der Waals surface area contributed by atoms with Crippen LogP contribution in [0.3, 0.4) is 0 Å². The van der Waals surface area contributed by atoms with Crippen LogP contribution in [0.5, 0.6) is 0 Å². The van der Waals surface area contributed by atoms with Gasteiger partial charge in [0, 0.05) is 11.6 Å². The molecule has 0 spiro atoms. The van der Waals surface area contributed by atoms with E-state index in [9.17, 15) is 27.6 Å². The molecule has 0 aliphatic rings. The van der Waals surface area contributed by atoms with Crippen LogP contribution in [-0.2, 0) is 6.18 Å². The number of hydrogen-bond acceptors (Lipinski definition) is 4. The second-order valence-electron chi connectivity index (χ2n) is 5.42. The van der Waals surface area contributed by atoms with Crippen molar-refractivity contribution in [2.24, 2.45) is 0 Å². The van der Waals surface area contributed by atoms with Gasteiger partial charge in [-0.2, -0.15) is 13.2 Å². The summed E-state index contributed by atoms with van der Waals surface area (Å²) in [5, 5.41) is 11.5. The van der Waals surface area contributed by atoms with E-state index in [0.717, 1.165) is 23.0 Å². The quantitative estimate of drug-likeness (QED) is 0.714. The molecule has 27 heavy (non-hydrogen) atoms. The molecule has 0 bridgehead atoms. The molecule has 10 heteroatoms. The average Bonchev–Trinajstić information content (AvgIpc) is 2.61. The van der Waals surface area contributed by atoms with Gasteiger partial charge in [-0.3, -0.25) is 9.36 Å². The molecule has 2 N–H and O–H groups in total. The standard InChI is InChI=1S/C17H10F3N3O4/c18-17(19,20)13-6-5-9(7-21-13)22-16(27)23-8-11(15(25)26)14(24)10-3-1-2-4-12(10)23/h1-8H,(H,22,27)(H,25,26). The van der Waals surface area contributed by atoms with E-state index in [0.29, 0.717) is 6.07 Å². The average molecular weight is 377 g/mol. The fourth-order valence-corrected chi connectivity index (χ4v) is 2.42. The Bertz CT molecular complexity index is 1110. The molecule has 2 heterocycles. The Morgan fingerprint density at radius 1 is 1.11 bits per heavy atom. The number of carbonyl (C=O) groups is 2. The highest BCUT2D eigenvalue weighted by Gasteiger charge is 2.32. The number of benzene rings is 1. The normalized spacial score (nSPS) is 11.4. The summed E-state index contributed by atoms with van der Waals surface area (Å²) in [6, 6.07) is 6.71. The van der Waals surface area contributed by atoms with Gasteiger partial charge in [0.25, 0.3) is 0 Å². The lowest BCUT2D eigenvalue weighted by Crippen LogP contribution is -2.25. The Labute approximate surface area is 148 Å². The molecule has 0 aliphatic carbocycles. The van der Waals surface area contributed by atoms with Crippen molar-refractivity contribution in [1.29, 1.82) is 0 Å². The molecule has 0 fully saturated rings. The molecule has 0 saturated carbocycles. The predicted molar refractivity (Wildman–Crippen MR) is 88.8 cm³/mol. The number of carboxylic acids is 1. The molecule has 0 unspecified atom stereocenters. The summed E-state index contributed by atoms with van der Waals surface area (Å²) in [4.78, 5) is 39.2. The van der Waals surface area contributed by atoms with Gasteiger partial charge in [-0.05, 0) is 24.3 Å². The third-order valence-electron chi connectivity index (χ3n) is 3.67. The summed E-state index contributed by atoms with van der Waals surface area (Å²) < 4.78 is 38.5. The van der Waals surface area contributed by atoms with Crippen molar-refractivity contribution in [2.75, 3.05) is 5.32 Å². The van der Waals surface area contributed by atoms with Crippen LogP contribution in [0, 0.1) is 0 Å². The van der Waals surface area contributed by atoms with E-state index in [1.54, 1.807) is 6.07 Å². The second kappa shape index (κ2) is 6.56. The first-order chi connectivity index (χ1) is 12.7. The minimum Gasteiger partial charge on any atom is -0.477 e. The molecule has 138 valence electrons. The second-order valence-corrected chi connectivity index (χ2v) is 5.42. The lowest BCUT2D eigenvalue weighted by Gasteiger charge is -2.12. The first-order valence-electron chi connectivity index (χ1n) is 7.41. The number of anilines is 1. The van der Waals surface area contributed by atoms with E-state index in [1.807, 2.05) is 0 Å². The number of amides is 1. The van der Waals surface area contributed by atoms with Crippen molar-refractivity contribution in [2.45, 2.75) is 6.18 Å². The Morgan fingerprint density at radius 2 is 1.81 bits per heavy atom. The van der Waals surface area contributed by atoms with E-state index >= 15 is 0 Å². The van der Waals surface area contributed by atoms with Crippen LogP contribution in [0.4, 0.5) is 23.7 Å². The van der Waals surface area contributed by atoms with Crippen molar-refractivity contribution in [1.82, 2.24) is 9.55 Å². The number of halogens is 3. The van der Waals surface area contributed by atoms with Crippen LogP contribution in [0.25, 0.3) is 10.9 Å². The molecule has 0 saturated heterocycles. The first kappa shape index (κ1) is 18.1. The molecular weight excluding hydrogens is 367 g/mol. The maximum absolute atomic E-state index is 12.5. The number of carbonyl (C=O) groups excluding carboxylic acids is 1. The van der Waals surface area contributed by atoms with Gasteiger partial charge in [0.1, 0.15) is 11.3 Å². The maximum atomic E-state index is 12.5. The van der Waals surface area contributed by atoms with E-state index in [4.69, 9.17) is 5.11 Å². The summed E-state index contributed by atoms with van der Waals surface area (Å²) in [6.45, 7) is 0. The molecular formula is C17H10F3N3O4. The monoisotopic (exact) mass is 377 g/mol. The summed E-state index contributed by atoms with van der Waals surface area (Å²) in [5.41, 5.74) is -2.38. The molecule has 3 rings (SSSR count). The van der Waals surface area contributed by atoms with Gasteiger partial charge in [-0.25, -0.2) is 14.6 Å². The number of pyridine rings is 2. The lowest BCUT2D eigenvalue weighted by atomic mass is 10.1. The Kier molecular flexibility index (Phi) is 4.40. The van der Waals surface area contributed by atoms with Crippen LogP contribution in [0.2, 0.25) is 0 Å². The number of carboxylic acid groups (broad SMARTS) is 1. The van der Waals surface area contributed by atoms with Crippen LogP contribution in [0.1, 0.15) is 16.1 Å². The number of fused-ring (bicyclic) bond motifs is 1. The molecule has 0 aliphatic heterocycles. The van der Waals surface area contributed by atoms with Crippen molar-refractivity contribution < 1.29 is 27.9 Å². The van der Waals surface area contributed by atoms with Gasteiger partial charge in [0.15, 0.2) is 0 Å². The number of aromatic carboxylic acids is 1. The highest BCUT2D eigenvalue weighted by Crippen LogP contribution is 2.27. The third-order valence-corrected chi connectivity index (χ3v) is 3.67. The van der Waals surface area contributed by atoms with Gasteiger partial charge in [-0.1, -0.05) is 12.1 Å². The third kappa shape index (κ3) is 3.50. The molecule has 1 amide bonds. The smallest absolute Gasteiger partial charge is 0.433 e. The van der Waals surface area contributed by atoms with Gasteiger partial charge < -0.3 is 10.4 Å². The summed E-state index contributed by atoms with van der Waals surface area (Å²) in [5.74, 6) is -1.51. The van der Waals surface area contributed by atoms with Gasteiger partial charge >= 0.3 is 18.2 Å². The fourth-order valence-electron chi connectivity index (χ4n) is 2.42. The predicted octanol–water partition coefficient (Wildman–Crippen LogP) is 3.19. The molecule has 1 aromatic carbocycles. The summed E-state index contributed by atoms with van der Waals surface area (Å²) >= 11 is 0. The molecule has 0 radical (unpaired) electrons. The van der Waals surface area contributed by atoms with Crippen molar-refractivity contribution in [3.05, 3.63) is 70.3 Å². The van der Waals surface area contributed by atoms with E-state index in [1.165, 1.54) is 18.2 Å². The zero-order chi connectivity index (χ0) is 19.8. The number of alkyl halides is 3. The molecule has 3 aromatic rings. The molecule has 0 atom stereocenters. The number of nitrogens with one attached hydrogen (secondary N) is 1. The van der Waals surface area contributed by atoms with Gasteiger partial charge in [0.05, 0.1) is 17.4 Å². The minimum atomic E-state index is -4.62. The van der Waals surface area contributed by atoms with Crippen LogP contribution in [-0.4, -0.2) is 26.7 Å². The lowest BCUT2D eigenvalue weighted by molar-refractivity contribution is -0.141. The summed E-state index contributed by atoms with van der Waals surface area (Å²) in [7, 11) is 0. The molecule has 7 nitrogen and oxygen atoms in total. The largest absolute Gasteiger partial charge is 0.477 e. The van der Waals surface area contributed by atoms with E-state index < -0.39 is 34.9 Å².